The van der Waals surface area contributed by atoms with E-state index in [1.807, 2.05) is 20.8 Å². The number of nitrogens with one attached hydrogen (secondary N) is 1. The minimum Gasteiger partial charge on any atom is -0.467 e. The lowest BCUT2D eigenvalue weighted by atomic mass is 10.0. The summed E-state index contributed by atoms with van der Waals surface area (Å²) in [6.45, 7) is 8.20. The zero-order valence-electron chi connectivity index (χ0n) is 11.2. The van der Waals surface area contributed by atoms with Crippen molar-refractivity contribution in [2.24, 2.45) is 0 Å². The smallest absolute Gasteiger partial charge is 0.330 e. The normalized spacial score (nSPS) is 24.9. The second-order valence-electron chi connectivity index (χ2n) is 5.47. The van der Waals surface area contributed by atoms with Crippen LogP contribution in [0.1, 0.15) is 34.1 Å². The SMILES string of the molecule is COC(=O)[C@H]1[C@@H](NC(C)(C)C)CCN1C(C)=O. The van der Waals surface area contributed by atoms with Crippen molar-refractivity contribution in [3.05, 3.63) is 0 Å². The maximum atomic E-state index is 11.8. The first-order chi connectivity index (χ1) is 7.76. The van der Waals surface area contributed by atoms with E-state index in [1.165, 1.54) is 14.0 Å². The molecule has 0 spiro atoms. The predicted octanol–water partition coefficient (Wildman–Crippen LogP) is 0.537. The monoisotopic (exact) mass is 242 g/mol. The van der Waals surface area contributed by atoms with E-state index in [0.717, 1.165) is 6.42 Å². The zero-order chi connectivity index (χ0) is 13.2. The lowest BCUT2D eigenvalue weighted by Crippen LogP contribution is -2.54. The van der Waals surface area contributed by atoms with E-state index in [0.29, 0.717) is 6.54 Å². The highest BCUT2D eigenvalue weighted by molar-refractivity contribution is 5.84. The van der Waals surface area contributed by atoms with E-state index in [2.05, 4.69) is 5.32 Å². The highest BCUT2D eigenvalue weighted by Gasteiger charge is 2.42. The maximum Gasteiger partial charge on any atom is 0.330 e. The van der Waals surface area contributed by atoms with Crippen LogP contribution in [0.4, 0.5) is 0 Å². The van der Waals surface area contributed by atoms with E-state index < -0.39 is 6.04 Å². The Hall–Kier alpha value is -1.10. The number of esters is 1. The Morgan fingerprint density at radius 3 is 2.35 bits per heavy atom. The standard InChI is InChI=1S/C12H22N2O3/c1-8(15)14-7-6-9(13-12(2,3)4)10(14)11(16)17-5/h9-10,13H,6-7H2,1-5H3/t9-,10+/m0/s1. The Bertz CT molecular complexity index is 309. The zero-order valence-corrected chi connectivity index (χ0v) is 11.2. The molecule has 1 saturated heterocycles. The van der Waals surface area contributed by atoms with Crippen LogP contribution >= 0.6 is 0 Å². The molecule has 0 unspecified atom stereocenters. The molecule has 1 heterocycles. The van der Waals surface area contributed by atoms with Gasteiger partial charge in [-0.1, -0.05) is 0 Å². The van der Waals surface area contributed by atoms with Crippen LogP contribution in [-0.2, 0) is 14.3 Å². The van der Waals surface area contributed by atoms with E-state index >= 15 is 0 Å². The van der Waals surface area contributed by atoms with Crippen LogP contribution in [0.2, 0.25) is 0 Å². The average molecular weight is 242 g/mol. The molecule has 1 amide bonds. The summed E-state index contributed by atoms with van der Waals surface area (Å²) in [5, 5.41) is 3.37. The van der Waals surface area contributed by atoms with Crippen LogP contribution < -0.4 is 5.32 Å². The van der Waals surface area contributed by atoms with Gasteiger partial charge < -0.3 is 15.0 Å². The van der Waals surface area contributed by atoms with Crippen molar-refractivity contribution in [1.82, 2.24) is 10.2 Å². The predicted molar refractivity (Wildman–Crippen MR) is 64.5 cm³/mol. The number of methoxy groups -OCH3 is 1. The second kappa shape index (κ2) is 5.04. The highest BCUT2D eigenvalue weighted by Crippen LogP contribution is 2.21. The van der Waals surface area contributed by atoms with Gasteiger partial charge in [0.15, 0.2) is 0 Å². The van der Waals surface area contributed by atoms with Crippen molar-refractivity contribution in [1.29, 1.82) is 0 Å². The number of carbonyl (C=O) groups is 2. The molecule has 0 bridgehead atoms. The third kappa shape index (κ3) is 3.43. The van der Waals surface area contributed by atoms with Crippen LogP contribution in [0.3, 0.4) is 0 Å². The van der Waals surface area contributed by atoms with Crippen LogP contribution in [0.25, 0.3) is 0 Å². The highest BCUT2D eigenvalue weighted by atomic mass is 16.5. The van der Waals surface area contributed by atoms with E-state index in [9.17, 15) is 9.59 Å². The number of carbonyl (C=O) groups excluding carboxylic acids is 2. The summed E-state index contributed by atoms with van der Waals surface area (Å²) in [6.07, 6.45) is 0.774. The Balaban J connectivity index is 2.84. The van der Waals surface area contributed by atoms with E-state index in [1.54, 1.807) is 4.90 Å². The molecule has 17 heavy (non-hydrogen) atoms. The van der Waals surface area contributed by atoms with Gasteiger partial charge in [0.05, 0.1) is 7.11 Å². The number of hydrogen-bond acceptors (Lipinski definition) is 4. The van der Waals surface area contributed by atoms with Gasteiger partial charge >= 0.3 is 5.97 Å². The van der Waals surface area contributed by atoms with E-state index in [4.69, 9.17) is 4.74 Å². The van der Waals surface area contributed by atoms with Crippen LogP contribution in [-0.4, -0.2) is 48.1 Å². The molecule has 0 radical (unpaired) electrons. The Morgan fingerprint density at radius 1 is 1.35 bits per heavy atom. The molecule has 0 aromatic heterocycles. The maximum absolute atomic E-state index is 11.8. The van der Waals surface area contributed by atoms with Gasteiger partial charge in [-0.3, -0.25) is 4.79 Å². The molecule has 1 rings (SSSR count). The van der Waals surface area contributed by atoms with Crippen LogP contribution in [0.5, 0.6) is 0 Å². The number of likely N-dealkylation sites (tertiary alicyclic amines) is 1. The largest absolute Gasteiger partial charge is 0.467 e. The van der Waals surface area contributed by atoms with Crippen molar-refractivity contribution in [2.45, 2.75) is 51.7 Å². The fourth-order valence-electron chi connectivity index (χ4n) is 2.27. The number of amides is 1. The minimum atomic E-state index is -0.503. The number of hydrogen-bond donors (Lipinski definition) is 1. The third-order valence-electron chi connectivity index (χ3n) is 2.86. The summed E-state index contributed by atoms with van der Waals surface area (Å²) in [4.78, 5) is 24.8. The molecule has 5 heteroatoms. The van der Waals surface area contributed by atoms with Crippen LogP contribution in [0, 0.1) is 0 Å². The van der Waals surface area contributed by atoms with E-state index in [-0.39, 0.29) is 23.5 Å². The molecule has 98 valence electrons. The molecular weight excluding hydrogens is 220 g/mol. The van der Waals surface area contributed by atoms with Gasteiger partial charge in [-0.2, -0.15) is 0 Å². The van der Waals surface area contributed by atoms with Gasteiger partial charge in [0.2, 0.25) is 5.91 Å². The first-order valence-corrected chi connectivity index (χ1v) is 5.89. The molecule has 0 aromatic rings. The number of rotatable bonds is 2. The Labute approximate surface area is 102 Å². The summed E-state index contributed by atoms with van der Waals surface area (Å²) in [5.41, 5.74) is -0.0935. The van der Waals surface area contributed by atoms with Gasteiger partial charge in [0.1, 0.15) is 6.04 Å². The first-order valence-electron chi connectivity index (χ1n) is 5.89. The molecule has 0 saturated carbocycles. The fraction of sp³-hybridized carbons (Fsp3) is 0.833. The van der Waals surface area contributed by atoms with Gasteiger partial charge in [-0.25, -0.2) is 4.79 Å². The van der Waals surface area contributed by atoms with Crippen molar-refractivity contribution < 1.29 is 14.3 Å². The molecule has 0 aliphatic carbocycles. The quantitative estimate of drug-likeness (QED) is 0.718. The molecule has 5 nitrogen and oxygen atoms in total. The molecule has 1 aliphatic heterocycles. The van der Waals surface area contributed by atoms with Crippen molar-refractivity contribution in [3.8, 4) is 0 Å². The van der Waals surface area contributed by atoms with Crippen molar-refractivity contribution >= 4 is 11.9 Å². The van der Waals surface area contributed by atoms with Gasteiger partial charge in [-0.15, -0.1) is 0 Å². The lowest BCUT2D eigenvalue weighted by Gasteiger charge is -2.30. The summed E-state index contributed by atoms with van der Waals surface area (Å²) in [5.74, 6) is -0.432. The summed E-state index contributed by atoms with van der Waals surface area (Å²) in [6, 6.07) is -0.539. The average Bonchev–Trinajstić information content (AvgIpc) is 2.57. The fourth-order valence-corrected chi connectivity index (χ4v) is 2.27. The third-order valence-corrected chi connectivity index (χ3v) is 2.86. The van der Waals surface area contributed by atoms with Crippen molar-refractivity contribution in [3.63, 3.8) is 0 Å². The molecule has 1 fully saturated rings. The molecule has 0 aromatic carbocycles. The topological polar surface area (TPSA) is 58.6 Å². The summed E-state index contributed by atoms with van der Waals surface area (Å²) in [7, 11) is 1.35. The molecule has 1 N–H and O–H groups in total. The van der Waals surface area contributed by atoms with Gasteiger partial charge in [-0.05, 0) is 27.2 Å². The Kier molecular flexibility index (Phi) is 4.14. The van der Waals surface area contributed by atoms with Gasteiger partial charge in [0.25, 0.3) is 0 Å². The van der Waals surface area contributed by atoms with Crippen LogP contribution in [0.15, 0.2) is 0 Å². The van der Waals surface area contributed by atoms with Gasteiger partial charge in [0, 0.05) is 25.0 Å². The lowest BCUT2D eigenvalue weighted by molar-refractivity contribution is -0.151. The Morgan fingerprint density at radius 2 is 1.94 bits per heavy atom. The number of ether oxygens (including phenoxy) is 1. The summed E-state index contributed by atoms with van der Waals surface area (Å²) < 4.78 is 4.79. The first kappa shape index (κ1) is 14.0. The summed E-state index contributed by atoms with van der Waals surface area (Å²) >= 11 is 0. The molecule has 2 atom stereocenters. The molecule has 1 aliphatic rings. The minimum absolute atomic E-state index is 0.0358. The second-order valence-corrected chi connectivity index (χ2v) is 5.47. The number of nitrogens with zero attached hydrogens (tertiary/aromatic N) is 1. The molecular formula is C12H22N2O3. The van der Waals surface area contributed by atoms with Crippen molar-refractivity contribution in [2.75, 3.05) is 13.7 Å².